The molecule has 1 fully saturated rings. The van der Waals surface area contributed by atoms with Crippen LogP contribution in [0.5, 0.6) is 0 Å². The van der Waals surface area contributed by atoms with Gasteiger partial charge < -0.3 is 15.1 Å². The monoisotopic (exact) mass is 878 g/mol. The van der Waals surface area contributed by atoms with Gasteiger partial charge in [-0.05, 0) is 103 Å². The Bertz CT molecular complexity index is 2770. The van der Waals surface area contributed by atoms with Crippen LogP contribution < -0.4 is 14.9 Å². The van der Waals surface area contributed by atoms with Crippen LogP contribution >= 0.6 is 11.8 Å². The largest absolute Gasteiger partial charge is 0.376 e. The zero-order valence-corrected chi connectivity index (χ0v) is 36.9. The van der Waals surface area contributed by atoms with E-state index in [1.807, 2.05) is 74.8 Å². The lowest BCUT2D eigenvalue weighted by Gasteiger charge is -2.36. The van der Waals surface area contributed by atoms with Crippen molar-refractivity contribution in [1.29, 1.82) is 0 Å². The quantitative estimate of drug-likeness (QED) is 0.0514. The van der Waals surface area contributed by atoms with E-state index in [0.717, 1.165) is 62.3 Å². The summed E-state index contributed by atoms with van der Waals surface area (Å²) in [6.45, 7) is 4.92. The summed E-state index contributed by atoms with van der Waals surface area (Å²) in [5.41, 5.74) is 7.60. The highest BCUT2D eigenvalue weighted by molar-refractivity contribution is 7.99. The summed E-state index contributed by atoms with van der Waals surface area (Å²) >= 11 is 1.66. The Kier molecular flexibility index (Phi) is 13.6. The molecule has 2 heterocycles. The minimum atomic E-state index is -4.28. The number of nitro groups is 1. The molecule has 0 radical (unpaired) electrons. The molecular formula is C49H50N8O4S2. The molecule has 14 heteroatoms. The van der Waals surface area contributed by atoms with Gasteiger partial charge in [-0.2, -0.15) is 0 Å². The number of hydrogen-bond acceptors (Lipinski definition) is 11. The van der Waals surface area contributed by atoms with E-state index in [-0.39, 0.29) is 28.1 Å². The first-order valence-electron chi connectivity index (χ1n) is 21.0. The number of aromatic nitrogens is 2. The van der Waals surface area contributed by atoms with Crippen molar-refractivity contribution in [3.8, 4) is 22.3 Å². The van der Waals surface area contributed by atoms with Crippen LogP contribution in [-0.2, 0) is 16.6 Å². The molecule has 7 aromatic rings. The SMILES string of the molecule is CN(C)CC[C@H](CSc1ccccc1)Nc1ccc(S(=O)(=O)Nc2ncnc3cc(N4CCN(Cc5cc(-c6ccccc6)ccc5-c5ccccc5)CC4)ccc23)cc1[N+](=O)[O-]. The van der Waals surface area contributed by atoms with Crippen molar-refractivity contribution in [1.82, 2.24) is 19.8 Å². The standard InChI is InChI=1S/C49H50N8O4S2/c1-54(2)25-24-40(34-62-42-16-10-5-11-17-42)52-46-23-20-43(32-48(46)57(58)59)63(60,61)53-49-45-22-19-41(31-47(45)50-35-51-49)56-28-26-55(27-29-56)33-39-30-38(36-12-6-3-7-13-36)18-21-44(39)37-14-8-4-9-15-37/h3-23,30-32,35,40,52H,24-29,33-34H2,1-2H3,(H,50,51,53)/t40-/m1/s1. The number of fused-ring (bicyclic) bond motifs is 1. The van der Waals surface area contributed by atoms with E-state index < -0.39 is 14.9 Å². The summed E-state index contributed by atoms with van der Waals surface area (Å²) in [7, 11) is -0.315. The highest BCUT2D eigenvalue weighted by Crippen LogP contribution is 2.34. The summed E-state index contributed by atoms with van der Waals surface area (Å²) in [6, 6.07) is 47.3. The fourth-order valence-electron chi connectivity index (χ4n) is 7.85. The van der Waals surface area contributed by atoms with Crippen molar-refractivity contribution < 1.29 is 13.3 Å². The van der Waals surface area contributed by atoms with E-state index in [1.165, 1.54) is 46.3 Å². The van der Waals surface area contributed by atoms with Crippen LogP contribution in [0.1, 0.15) is 12.0 Å². The summed E-state index contributed by atoms with van der Waals surface area (Å²) in [4.78, 5) is 28.3. The molecule has 0 saturated carbocycles. The fourth-order valence-corrected chi connectivity index (χ4v) is 9.89. The van der Waals surface area contributed by atoms with Gasteiger partial charge in [-0.15, -0.1) is 11.8 Å². The zero-order chi connectivity index (χ0) is 43.8. The van der Waals surface area contributed by atoms with Crippen molar-refractivity contribution in [2.75, 3.05) is 67.5 Å². The number of thioether (sulfide) groups is 1. The molecule has 0 spiro atoms. The minimum absolute atomic E-state index is 0.0925. The molecule has 12 nitrogen and oxygen atoms in total. The molecule has 0 bridgehead atoms. The lowest BCUT2D eigenvalue weighted by atomic mass is 9.94. The molecule has 1 aromatic heterocycles. The Morgan fingerprint density at radius 1 is 0.778 bits per heavy atom. The minimum Gasteiger partial charge on any atom is -0.376 e. The van der Waals surface area contributed by atoms with Crippen LogP contribution in [0.4, 0.5) is 22.9 Å². The van der Waals surface area contributed by atoms with Crippen molar-refractivity contribution in [3.05, 3.63) is 168 Å². The third kappa shape index (κ3) is 10.8. The van der Waals surface area contributed by atoms with E-state index in [2.05, 4.69) is 101 Å². The molecule has 1 atom stereocenters. The number of hydrogen-bond donors (Lipinski definition) is 2. The lowest BCUT2D eigenvalue weighted by Crippen LogP contribution is -2.46. The van der Waals surface area contributed by atoms with Gasteiger partial charge >= 0.3 is 0 Å². The van der Waals surface area contributed by atoms with Gasteiger partial charge in [-0.1, -0.05) is 91.0 Å². The van der Waals surface area contributed by atoms with Gasteiger partial charge in [0.05, 0.1) is 15.3 Å². The van der Waals surface area contributed by atoms with E-state index in [4.69, 9.17) is 0 Å². The second-order valence-electron chi connectivity index (χ2n) is 15.9. The highest BCUT2D eigenvalue weighted by atomic mass is 32.2. The van der Waals surface area contributed by atoms with E-state index >= 15 is 0 Å². The maximum absolute atomic E-state index is 13.8. The van der Waals surface area contributed by atoms with Gasteiger partial charge in [0.25, 0.3) is 15.7 Å². The van der Waals surface area contributed by atoms with Crippen molar-refractivity contribution >= 4 is 55.6 Å². The van der Waals surface area contributed by atoms with Gasteiger partial charge in [0, 0.05) is 66.6 Å². The second-order valence-corrected chi connectivity index (χ2v) is 18.7. The average Bonchev–Trinajstić information content (AvgIpc) is 3.31. The normalized spacial score (nSPS) is 13.9. The van der Waals surface area contributed by atoms with Crippen molar-refractivity contribution in [2.45, 2.75) is 28.8 Å². The van der Waals surface area contributed by atoms with Crippen LogP contribution in [-0.4, -0.2) is 91.7 Å². The van der Waals surface area contributed by atoms with Gasteiger partial charge in [0.1, 0.15) is 12.0 Å². The Labute approximate surface area is 373 Å². The third-order valence-corrected chi connectivity index (χ3v) is 13.7. The lowest BCUT2D eigenvalue weighted by molar-refractivity contribution is -0.384. The van der Waals surface area contributed by atoms with Crippen molar-refractivity contribution in [2.24, 2.45) is 0 Å². The predicted octanol–water partition coefficient (Wildman–Crippen LogP) is 9.52. The number of nitrogens with one attached hydrogen (secondary N) is 2. The van der Waals surface area contributed by atoms with Crippen molar-refractivity contribution in [3.63, 3.8) is 0 Å². The molecule has 322 valence electrons. The first kappa shape index (κ1) is 43.3. The van der Waals surface area contributed by atoms with Crippen LogP contribution in [0, 0.1) is 10.1 Å². The number of rotatable bonds is 17. The Morgan fingerprint density at radius 3 is 2.17 bits per heavy atom. The number of benzene rings is 6. The smallest absolute Gasteiger partial charge is 0.293 e. The summed E-state index contributed by atoms with van der Waals surface area (Å²) in [5, 5.41) is 16.2. The number of nitrogens with zero attached hydrogens (tertiary/aromatic N) is 6. The van der Waals surface area contributed by atoms with Crippen LogP contribution in [0.15, 0.2) is 162 Å². The average molecular weight is 879 g/mol. The maximum Gasteiger partial charge on any atom is 0.293 e. The van der Waals surface area contributed by atoms with Crippen LogP contribution in [0.2, 0.25) is 0 Å². The molecule has 0 unspecified atom stereocenters. The van der Waals surface area contributed by atoms with E-state index in [1.54, 1.807) is 11.8 Å². The Hall–Kier alpha value is -6.32. The molecule has 1 aliphatic heterocycles. The van der Waals surface area contributed by atoms with Gasteiger partial charge in [0.15, 0.2) is 5.82 Å². The summed E-state index contributed by atoms with van der Waals surface area (Å²) < 4.78 is 30.2. The Morgan fingerprint density at radius 2 is 1.48 bits per heavy atom. The molecule has 1 saturated heterocycles. The van der Waals surface area contributed by atoms with Gasteiger partial charge in [-0.3, -0.25) is 19.7 Å². The van der Waals surface area contributed by atoms with Crippen LogP contribution in [0.25, 0.3) is 33.2 Å². The topological polar surface area (TPSA) is 137 Å². The predicted molar refractivity (Wildman–Crippen MR) is 256 cm³/mol. The van der Waals surface area contributed by atoms with Gasteiger partial charge in [-0.25, -0.2) is 18.4 Å². The molecule has 2 N–H and O–H groups in total. The summed E-state index contributed by atoms with van der Waals surface area (Å²) in [5.74, 6) is 0.755. The van der Waals surface area contributed by atoms with E-state index in [0.29, 0.717) is 16.7 Å². The molecule has 1 aliphatic rings. The number of nitro benzene ring substituents is 1. The van der Waals surface area contributed by atoms with Gasteiger partial charge in [0.2, 0.25) is 0 Å². The molecule has 0 amide bonds. The fraction of sp³-hybridized carbons (Fsp3) is 0.224. The van der Waals surface area contributed by atoms with Crippen LogP contribution in [0.3, 0.4) is 0 Å². The highest BCUT2D eigenvalue weighted by Gasteiger charge is 2.25. The number of anilines is 3. The van der Waals surface area contributed by atoms with E-state index in [9.17, 15) is 18.5 Å². The molecule has 6 aromatic carbocycles. The molecule has 63 heavy (non-hydrogen) atoms. The molecule has 8 rings (SSSR count). The maximum atomic E-state index is 13.8. The number of sulfonamides is 1. The second kappa shape index (κ2) is 19.8. The number of piperazine rings is 1. The first-order valence-corrected chi connectivity index (χ1v) is 23.4. The molecule has 0 aliphatic carbocycles. The first-order chi connectivity index (χ1) is 30.6. The third-order valence-electron chi connectivity index (χ3n) is 11.2. The zero-order valence-electron chi connectivity index (χ0n) is 35.3. The summed E-state index contributed by atoms with van der Waals surface area (Å²) in [6.07, 6.45) is 2.05. The Balaban J connectivity index is 0.948. The molecular weight excluding hydrogens is 829 g/mol.